The Labute approximate surface area is 136 Å². The van der Waals surface area contributed by atoms with Crippen molar-refractivity contribution in [2.75, 3.05) is 37.3 Å². The molecule has 9 heteroatoms. The maximum absolute atomic E-state index is 11.8. The number of hydrogen-bond acceptors (Lipinski definition) is 5. The Hall–Kier alpha value is -1.35. The largest absolute Gasteiger partial charge is 0.492 e. The van der Waals surface area contributed by atoms with Gasteiger partial charge in [0.05, 0.1) is 12.3 Å². The molecule has 1 amide bonds. The van der Waals surface area contributed by atoms with Crippen LogP contribution in [0.15, 0.2) is 24.3 Å². The van der Waals surface area contributed by atoms with Gasteiger partial charge in [-0.05, 0) is 30.7 Å². The predicted octanol–water partition coefficient (Wildman–Crippen LogP) is 0.420. The van der Waals surface area contributed by atoms with Gasteiger partial charge in [-0.3, -0.25) is 4.79 Å². The monoisotopic (exact) mass is 349 g/mol. The highest BCUT2D eigenvalue weighted by Crippen LogP contribution is 2.16. The molecule has 0 aromatic heterocycles. The minimum atomic E-state index is -3.25. The van der Waals surface area contributed by atoms with E-state index in [9.17, 15) is 13.2 Å². The second-order valence-electron chi connectivity index (χ2n) is 4.71. The Morgan fingerprint density at radius 1 is 1.32 bits per heavy atom. The highest BCUT2D eigenvalue weighted by atomic mass is 35.5. The zero-order valence-electron chi connectivity index (χ0n) is 12.0. The third-order valence-electron chi connectivity index (χ3n) is 3.05. The molecule has 1 aliphatic heterocycles. The van der Waals surface area contributed by atoms with Gasteiger partial charge in [0.15, 0.2) is 0 Å². The van der Waals surface area contributed by atoms with E-state index in [1.165, 1.54) is 4.31 Å². The van der Waals surface area contributed by atoms with Crippen molar-refractivity contribution in [2.45, 2.75) is 6.42 Å². The lowest BCUT2D eigenvalue weighted by atomic mass is 10.3. The third-order valence-corrected chi connectivity index (χ3v) is 4.95. The van der Waals surface area contributed by atoms with Crippen LogP contribution < -0.4 is 15.8 Å². The first-order chi connectivity index (χ1) is 10.0. The van der Waals surface area contributed by atoms with E-state index >= 15 is 0 Å². The molecule has 1 heterocycles. The molecule has 3 N–H and O–H groups in total. The molecule has 1 aliphatic rings. The van der Waals surface area contributed by atoms with Crippen molar-refractivity contribution < 1.29 is 17.9 Å². The minimum Gasteiger partial charge on any atom is -0.492 e. The highest BCUT2D eigenvalue weighted by Gasteiger charge is 2.29. The smallest absolute Gasteiger partial charge is 0.239 e. The number of carbonyl (C=O) groups excluding carboxylic acids is 1. The first-order valence-corrected chi connectivity index (χ1v) is 8.33. The van der Waals surface area contributed by atoms with Crippen LogP contribution in [0, 0.1) is 0 Å². The van der Waals surface area contributed by atoms with Gasteiger partial charge in [-0.25, -0.2) is 8.42 Å². The maximum atomic E-state index is 11.8. The molecule has 124 valence electrons. The van der Waals surface area contributed by atoms with Gasteiger partial charge in [0, 0.05) is 18.8 Å². The molecule has 1 fully saturated rings. The standard InChI is InChI=1S/C13H19N3O4S.ClH/c14-6-8-20-12-4-2-11(3-5-12)15-13(17)10-16-7-1-9-21(16,18)19;/h2-5H,1,6-10,14H2,(H,15,17);1H. The number of nitrogens with zero attached hydrogens (tertiary/aromatic N) is 1. The number of anilines is 1. The Bertz CT molecular complexity index is 592. The van der Waals surface area contributed by atoms with Crippen molar-refractivity contribution in [3.63, 3.8) is 0 Å². The molecule has 0 spiro atoms. The van der Waals surface area contributed by atoms with Crippen LogP contribution in [0.1, 0.15) is 6.42 Å². The topological polar surface area (TPSA) is 102 Å². The summed E-state index contributed by atoms with van der Waals surface area (Å²) < 4.78 is 29.8. The van der Waals surface area contributed by atoms with E-state index in [1.54, 1.807) is 24.3 Å². The van der Waals surface area contributed by atoms with E-state index in [0.717, 1.165) is 0 Å². The average Bonchev–Trinajstić information content (AvgIpc) is 2.77. The molecule has 0 unspecified atom stereocenters. The summed E-state index contributed by atoms with van der Waals surface area (Å²) >= 11 is 0. The number of nitrogens with one attached hydrogen (secondary N) is 1. The summed E-state index contributed by atoms with van der Waals surface area (Å²) in [6, 6.07) is 6.83. The molecule has 0 bridgehead atoms. The maximum Gasteiger partial charge on any atom is 0.239 e. The van der Waals surface area contributed by atoms with Gasteiger partial charge in [-0.2, -0.15) is 4.31 Å². The third kappa shape index (κ3) is 5.13. The first-order valence-electron chi connectivity index (χ1n) is 6.72. The number of ether oxygens (including phenoxy) is 1. The van der Waals surface area contributed by atoms with Crippen molar-refractivity contribution >= 4 is 34.0 Å². The highest BCUT2D eigenvalue weighted by molar-refractivity contribution is 7.89. The van der Waals surface area contributed by atoms with Crippen molar-refractivity contribution in [1.82, 2.24) is 4.31 Å². The second-order valence-corrected chi connectivity index (χ2v) is 6.80. The lowest BCUT2D eigenvalue weighted by Crippen LogP contribution is -2.34. The van der Waals surface area contributed by atoms with Crippen molar-refractivity contribution in [3.8, 4) is 5.75 Å². The van der Waals surface area contributed by atoms with Gasteiger partial charge < -0.3 is 15.8 Å². The van der Waals surface area contributed by atoms with Crippen LogP contribution in [0.3, 0.4) is 0 Å². The van der Waals surface area contributed by atoms with Crippen molar-refractivity contribution in [3.05, 3.63) is 24.3 Å². The number of benzene rings is 1. The molecule has 1 aromatic rings. The fraction of sp³-hybridized carbons (Fsp3) is 0.462. The van der Waals surface area contributed by atoms with Gasteiger partial charge in [0.2, 0.25) is 15.9 Å². The average molecular weight is 350 g/mol. The molecule has 0 radical (unpaired) electrons. The summed E-state index contributed by atoms with van der Waals surface area (Å²) in [5, 5.41) is 2.66. The van der Waals surface area contributed by atoms with Crippen LogP contribution in [0.2, 0.25) is 0 Å². The molecule has 2 rings (SSSR count). The Morgan fingerprint density at radius 2 is 2.00 bits per heavy atom. The van der Waals surface area contributed by atoms with Crippen LogP contribution >= 0.6 is 12.4 Å². The number of halogens is 1. The van der Waals surface area contributed by atoms with E-state index in [4.69, 9.17) is 10.5 Å². The Morgan fingerprint density at radius 3 is 2.55 bits per heavy atom. The number of rotatable bonds is 6. The van der Waals surface area contributed by atoms with Crippen LogP contribution in [-0.4, -0.2) is 50.6 Å². The van der Waals surface area contributed by atoms with Crippen LogP contribution in [0.25, 0.3) is 0 Å². The summed E-state index contributed by atoms with van der Waals surface area (Å²) in [7, 11) is -3.25. The first kappa shape index (κ1) is 18.7. The fourth-order valence-electron chi connectivity index (χ4n) is 2.04. The Balaban J connectivity index is 0.00000242. The summed E-state index contributed by atoms with van der Waals surface area (Å²) in [5.41, 5.74) is 5.93. The summed E-state index contributed by atoms with van der Waals surface area (Å²) in [6.45, 7) is 1.12. The summed E-state index contributed by atoms with van der Waals surface area (Å²) in [6.07, 6.45) is 0.572. The number of amides is 1. The molecule has 0 aliphatic carbocycles. The van der Waals surface area contributed by atoms with Gasteiger partial charge >= 0.3 is 0 Å². The minimum absolute atomic E-state index is 0. The lowest BCUT2D eigenvalue weighted by molar-refractivity contribution is -0.116. The van der Waals surface area contributed by atoms with E-state index in [2.05, 4.69) is 5.32 Å². The van der Waals surface area contributed by atoms with Gasteiger partial charge in [-0.1, -0.05) is 0 Å². The van der Waals surface area contributed by atoms with E-state index < -0.39 is 10.0 Å². The quantitative estimate of drug-likeness (QED) is 0.775. The van der Waals surface area contributed by atoms with Crippen LogP contribution in [0.5, 0.6) is 5.75 Å². The lowest BCUT2D eigenvalue weighted by Gasteiger charge is -2.14. The molecule has 7 nitrogen and oxygen atoms in total. The van der Waals surface area contributed by atoms with Crippen molar-refractivity contribution in [1.29, 1.82) is 0 Å². The van der Waals surface area contributed by atoms with Crippen LogP contribution in [0.4, 0.5) is 5.69 Å². The predicted molar refractivity (Wildman–Crippen MR) is 86.8 cm³/mol. The van der Waals surface area contributed by atoms with Gasteiger partial charge in [0.1, 0.15) is 12.4 Å². The van der Waals surface area contributed by atoms with Crippen molar-refractivity contribution in [2.24, 2.45) is 5.73 Å². The van der Waals surface area contributed by atoms with Crippen LogP contribution in [-0.2, 0) is 14.8 Å². The number of carbonyl (C=O) groups is 1. The zero-order chi connectivity index (χ0) is 15.3. The zero-order valence-corrected chi connectivity index (χ0v) is 13.7. The van der Waals surface area contributed by atoms with Gasteiger partial charge in [-0.15, -0.1) is 12.4 Å². The molecule has 1 saturated heterocycles. The molecule has 0 saturated carbocycles. The summed E-state index contributed by atoms with van der Waals surface area (Å²) in [5.74, 6) is 0.435. The van der Waals surface area contributed by atoms with E-state index in [-0.39, 0.29) is 30.6 Å². The molecule has 0 atom stereocenters. The van der Waals surface area contributed by atoms with E-state index in [0.29, 0.717) is 37.6 Å². The second kappa shape index (κ2) is 8.33. The SMILES string of the molecule is Cl.NCCOc1ccc(NC(=O)CN2CCCS2(=O)=O)cc1. The van der Waals surface area contributed by atoms with Gasteiger partial charge in [0.25, 0.3) is 0 Å². The van der Waals surface area contributed by atoms with E-state index in [1.807, 2.05) is 0 Å². The number of nitrogens with two attached hydrogens (primary N) is 1. The number of hydrogen-bond donors (Lipinski definition) is 2. The Kier molecular flexibility index (Phi) is 7.08. The normalized spacial score (nSPS) is 16.8. The molecular formula is C13H20ClN3O4S. The molecular weight excluding hydrogens is 330 g/mol. The molecule has 22 heavy (non-hydrogen) atoms. The fourth-order valence-corrected chi connectivity index (χ4v) is 3.51. The summed E-state index contributed by atoms with van der Waals surface area (Å²) in [4.78, 5) is 11.8. The molecule has 1 aromatic carbocycles. The number of sulfonamides is 1.